The molecule has 3 rings (SSSR count). The van der Waals surface area contributed by atoms with Crippen LogP contribution in [0.3, 0.4) is 0 Å². The smallest absolute Gasteiger partial charge is 0.264 e. The van der Waals surface area contributed by atoms with Crippen molar-refractivity contribution in [1.29, 1.82) is 0 Å². The molecule has 120 valence electrons. The van der Waals surface area contributed by atoms with Gasteiger partial charge >= 0.3 is 0 Å². The van der Waals surface area contributed by atoms with Gasteiger partial charge in [0.05, 0.1) is 16.8 Å². The molecular formula is C18H15N3O2S. The molecule has 0 aliphatic carbocycles. The van der Waals surface area contributed by atoms with Crippen molar-refractivity contribution in [2.24, 2.45) is 4.99 Å². The minimum absolute atomic E-state index is 0.158. The van der Waals surface area contributed by atoms with Gasteiger partial charge < -0.3 is 10.1 Å². The second-order valence-corrected chi connectivity index (χ2v) is 5.89. The van der Waals surface area contributed by atoms with Crippen LogP contribution >= 0.6 is 11.8 Å². The summed E-state index contributed by atoms with van der Waals surface area (Å²) in [7, 11) is 0. The summed E-state index contributed by atoms with van der Waals surface area (Å²) < 4.78 is 5.44. The van der Waals surface area contributed by atoms with Crippen molar-refractivity contribution in [1.82, 2.24) is 10.3 Å². The molecule has 0 spiro atoms. The van der Waals surface area contributed by atoms with E-state index >= 15 is 0 Å². The zero-order valence-electron chi connectivity index (χ0n) is 12.8. The lowest BCUT2D eigenvalue weighted by Crippen LogP contribution is -2.19. The van der Waals surface area contributed by atoms with E-state index in [0.29, 0.717) is 22.4 Å². The van der Waals surface area contributed by atoms with Crippen molar-refractivity contribution in [3.63, 3.8) is 0 Å². The lowest BCUT2D eigenvalue weighted by Gasteiger charge is -2.03. The van der Waals surface area contributed by atoms with Gasteiger partial charge in [0.25, 0.3) is 5.91 Å². The Kier molecular flexibility index (Phi) is 5.08. The monoisotopic (exact) mass is 337 g/mol. The van der Waals surface area contributed by atoms with Crippen molar-refractivity contribution in [3.8, 4) is 5.75 Å². The van der Waals surface area contributed by atoms with Crippen LogP contribution in [0.25, 0.3) is 6.08 Å². The normalized spacial score (nSPS) is 17.1. The fourth-order valence-electron chi connectivity index (χ4n) is 1.98. The van der Waals surface area contributed by atoms with E-state index < -0.39 is 0 Å². The van der Waals surface area contributed by atoms with Gasteiger partial charge in [-0.25, -0.2) is 4.99 Å². The van der Waals surface area contributed by atoms with Gasteiger partial charge in [-0.3, -0.25) is 9.78 Å². The molecule has 0 radical (unpaired) electrons. The van der Waals surface area contributed by atoms with E-state index in [1.54, 1.807) is 24.5 Å². The number of nitrogens with one attached hydrogen (secondary N) is 1. The first kappa shape index (κ1) is 16.0. The molecule has 0 saturated carbocycles. The maximum Gasteiger partial charge on any atom is 0.264 e. The van der Waals surface area contributed by atoms with Crippen LogP contribution in [0, 0.1) is 0 Å². The Hall–Kier alpha value is -2.86. The number of amides is 1. The van der Waals surface area contributed by atoms with Crippen LogP contribution < -0.4 is 10.1 Å². The number of rotatable bonds is 5. The predicted molar refractivity (Wildman–Crippen MR) is 97.2 cm³/mol. The number of thioether (sulfide) groups is 1. The number of hydrogen-bond donors (Lipinski definition) is 1. The van der Waals surface area contributed by atoms with Crippen molar-refractivity contribution in [2.75, 3.05) is 6.61 Å². The second kappa shape index (κ2) is 7.61. The molecule has 1 amide bonds. The number of carbonyl (C=O) groups is 1. The van der Waals surface area contributed by atoms with E-state index in [1.165, 1.54) is 11.8 Å². The first-order chi connectivity index (χ1) is 11.7. The van der Waals surface area contributed by atoms with Crippen molar-refractivity contribution < 1.29 is 9.53 Å². The molecule has 0 unspecified atom stereocenters. The number of nitrogens with zero attached hydrogens (tertiary/aromatic N) is 2. The van der Waals surface area contributed by atoms with Gasteiger partial charge in [0.1, 0.15) is 12.4 Å². The molecule has 2 heterocycles. The van der Waals surface area contributed by atoms with Crippen LogP contribution in [-0.2, 0) is 4.79 Å². The van der Waals surface area contributed by atoms with Gasteiger partial charge in [0.15, 0.2) is 5.17 Å². The minimum atomic E-state index is -0.158. The number of pyridine rings is 1. The third kappa shape index (κ3) is 4.11. The maximum atomic E-state index is 12.1. The summed E-state index contributed by atoms with van der Waals surface area (Å²) in [5.41, 5.74) is 1.62. The zero-order valence-corrected chi connectivity index (χ0v) is 13.6. The standard InChI is InChI=1S/C18H15N3O2S/c1-2-10-23-15-7-5-13(6-8-15)11-16-17(22)21-18(24-16)20-14-4-3-9-19-12-14/h2-9,11-12H,1,10H2,(H,20,21,22)/b16-11+. The van der Waals surface area contributed by atoms with E-state index in [4.69, 9.17) is 4.74 Å². The maximum absolute atomic E-state index is 12.1. The third-order valence-electron chi connectivity index (χ3n) is 3.07. The fraction of sp³-hybridized carbons (Fsp3) is 0.0556. The molecule has 1 aliphatic rings. The lowest BCUT2D eigenvalue weighted by molar-refractivity contribution is -0.115. The van der Waals surface area contributed by atoms with Crippen molar-refractivity contribution in [2.45, 2.75) is 0 Å². The van der Waals surface area contributed by atoms with Gasteiger partial charge in [0.2, 0.25) is 0 Å². The van der Waals surface area contributed by atoms with Crippen molar-refractivity contribution >= 4 is 34.6 Å². The number of benzene rings is 1. The van der Waals surface area contributed by atoms with Gasteiger partial charge in [-0.05, 0) is 47.7 Å². The van der Waals surface area contributed by atoms with Crippen LogP contribution in [-0.4, -0.2) is 22.7 Å². The SMILES string of the molecule is C=CCOc1ccc(/C=C2/SC(=Nc3cccnc3)NC2=O)cc1. The number of aromatic nitrogens is 1. The first-order valence-corrected chi connectivity index (χ1v) is 8.09. The van der Waals surface area contributed by atoms with Crippen molar-refractivity contribution in [3.05, 3.63) is 71.9 Å². The van der Waals surface area contributed by atoms with Crippen LogP contribution in [0.15, 0.2) is 71.3 Å². The molecule has 2 aromatic rings. The van der Waals surface area contributed by atoms with E-state index in [2.05, 4.69) is 21.9 Å². The van der Waals surface area contributed by atoms with Gasteiger partial charge in [-0.1, -0.05) is 24.8 Å². The van der Waals surface area contributed by atoms with Crippen LogP contribution in [0.2, 0.25) is 0 Å². The Morgan fingerprint density at radius 3 is 2.83 bits per heavy atom. The highest BCUT2D eigenvalue weighted by atomic mass is 32.2. The summed E-state index contributed by atoms with van der Waals surface area (Å²) >= 11 is 1.30. The fourth-order valence-corrected chi connectivity index (χ4v) is 2.83. The highest BCUT2D eigenvalue weighted by Gasteiger charge is 2.23. The molecule has 24 heavy (non-hydrogen) atoms. The summed E-state index contributed by atoms with van der Waals surface area (Å²) in [6.45, 7) is 4.08. The number of hydrogen-bond acceptors (Lipinski definition) is 5. The summed E-state index contributed by atoms with van der Waals surface area (Å²) in [6, 6.07) is 11.1. The Labute approximate surface area is 144 Å². The summed E-state index contributed by atoms with van der Waals surface area (Å²) in [5.74, 6) is 0.606. The van der Waals surface area contributed by atoms with E-state index in [0.717, 1.165) is 11.3 Å². The molecule has 1 N–H and O–H groups in total. The average Bonchev–Trinajstić information content (AvgIpc) is 2.94. The topological polar surface area (TPSA) is 63.6 Å². The summed E-state index contributed by atoms with van der Waals surface area (Å²) in [5, 5.41) is 3.30. The summed E-state index contributed by atoms with van der Waals surface area (Å²) in [6.07, 6.45) is 6.84. The average molecular weight is 337 g/mol. The molecule has 0 bridgehead atoms. The number of ether oxygens (including phenoxy) is 1. The molecule has 0 atom stereocenters. The first-order valence-electron chi connectivity index (χ1n) is 7.28. The molecule has 6 heteroatoms. The van der Waals surface area contributed by atoms with E-state index in [-0.39, 0.29) is 5.91 Å². The molecule has 1 fully saturated rings. The van der Waals surface area contributed by atoms with Crippen LogP contribution in [0.4, 0.5) is 5.69 Å². The number of amidine groups is 1. The second-order valence-electron chi connectivity index (χ2n) is 4.86. The zero-order chi connectivity index (χ0) is 16.8. The number of aliphatic imine (C=N–C) groups is 1. The van der Waals surface area contributed by atoms with Gasteiger partial charge in [0, 0.05) is 6.20 Å². The number of carbonyl (C=O) groups excluding carboxylic acids is 1. The van der Waals surface area contributed by atoms with Crippen LogP contribution in [0.1, 0.15) is 5.56 Å². The lowest BCUT2D eigenvalue weighted by atomic mass is 10.2. The molecule has 1 aromatic carbocycles. The van der Waals surface area contributed by atoms with Gasteiger partial charge in [-0.2, -0.15) is 0 Å². The third-order valence-corrected chi connectivity index (χ3v) is 3.98. The minimum Gasteiger partial charge on any atom is -0.490 e. The predicted octanol–water partition coefficient (Wildman–Crippen LogP) is 3.54. The Morgan fingerprint density at radius 2 is 2.12 bits per heavy atom. The van der Waals surface area contributed by atoms with Crippen LogP contribution in [0.5, 0.6) is 5.75 Å². The van der Waals surface area contributed by atoms with Gasteiger partial charge in [-0.15, -0.1) is 0 Å². The molecule has 1 saturated heterocycles. The summed E-state index contributed by atoms with van der Waals surface area (Å²) in [4.78, 5) is 21.0. The Morgan fingerprint density at radius 1 is 1.29 bits per heavy atom. The quantitative estimate of drug-likeness (QED) is 0.669. The molecule has 5 nitrogen and oxygen atoms in total. The highest BCUT2D eigenvalue weighted by Crippen LogP contribution is 2.28. The largest absolute Gasteiger partial charge is 0.490 e. The Balaban J connectivity index is 1.72. The van der Waals surface area contributed by atoms with E-state index in [1.807, 2.05) is 36.4 Å². The van der Waals surface area contributed by atoms with E-state index in [9.17, 15) is 4.79 Å². The molecule has 1 aromatic heterocycles. The highest BCUT2D eigenvalue weighted by molar-refractivity contribution is 8.18. The Bertz CT molecular complexity index is 799. The molecule has 1 aliphatic heterocycles. The molecular weight excluding hydrogens is 322 g/mol.